The number of nitrogens with zero attached hydrogens (tertiary/aromatic N) is 1. The molecule has 23 heavy (non-hydrogen) atoms. The highest BCUT2D eigenvalue weighted by atomic mass is 16.5. The van der Waals surface area contributed by atoms with E-state index in [1.54, 1.807) is 0 Å². The van der Waals surface area contributed by atoms with Gasteiger partial charge >= 0.3 is 0 Å². The number of benzene rings is 1. The number of rotatable bonds is 4. The molecular weight excluding hydrogens is 290 g/mol. The Morgan fingerprint density at radius 1 is 1.35 bits per heavy atom. The van der Waals surface area contributed by atoms with Crippen LogP contribution in [-0.2, 0) is 4.79 Å². The first-order valence-electron chi connectivity index (χ1n) is 8.47. The highest BCUT2D eigenvalue weighted by Crippen LogP contribution is 2.32. The van der Waals surface area contributed by atoms with Crippen LogP contribution in [0.3, 0.4) is 0 Å². The number of hydrogen-bond donors (Lipinski definition) is 2. The van der Waals surface area contributed by atoms with Crippen molar-refractivity contribution in [2.24, 2.45) is 0 Å². The zero-order chi connectivity index (χ0) is 16.4. The second kappa shape index (κ2) is 6.60. The molecule has 0 aliphatic heterocycles. The number of carbonyl (C=O) groups is 1. The molecule has 1 aliphatic rings. The summed E-state index contributed by atoms with van der Waals surface area (Å²) >= 11 is 0. The molecule has 5 nitrogen and oxygen atoms in total. The summed E-state index contributed by atoms with van der Waals surface area (Å²) in [7, 11) is 0. The first kappa shape index (κ1) is 15.8. The van der Waals surface area contributed by atoms with Gasteiger partial charge in [-0.25, -0.2) is 0 Å². The van der Waals surface area contributed by atoms with Crippen LogP contribution >= 0.6 is 0 Å². The fourth-order valence-corrected chi connectivity index (χ4v) is 3.34. The lowest BCUT2D eigenvalue weighted by Gasteiger charge is -2.30. The molecule has 0 bridgehead atoms. The molecule has 1 aliphatic carbocycles. The largest absolute Gasteiger partial charge is 0.490 e. The van der Waals surface area contributed by atoms with Crippen LogP contribution in [0.15, 0.2) is 12.3 Å². The van der Waals surface area contributed by atoms with Crippen molar-refractivity contribution in [3.63, 3.8) is 0 Å². The molecule has 5 heteroatoms. The van der Waals surface area contributed by atoms with Gasteiger partial charge in [0.1, 0.15) is 5.75 Å². The number of H-pyrrole nitrogens is 1. The summed E-state index contributed by atoms with van der Waals surface area (Å²) in [6.45, 7) is 6.05. The van der Waals surface area contributed by atoms with Gasteiger partial charge in [0.15, 0.2) is 0 Å². The summed E-state index contributed by atoms with van der Waals surface area (Å²) in [5.74, 6) is 1.10. The summed E-state index contributed by atoms with van der Waals surface area (Å²) in [5, 5.41) is 11.4. The molecule has 0 unspecified atom stereocenters. The van der Waals surface area contributed by atoms with Gasteiger partial charge in [-0.1, -0.05) is 6.92 Å². The zero-order valence-corrected chi connectivity index (χ0v) is 14.1. The molecule has 3 rings (SSSR count). The Bertz CT molecular complexity index is 700. The Kier molecular flexibility index (Phi) is 4.55. The lowest BCUT2D eigenvalue weighted by molar-refractivity contribution is -0.121. The number of carbonyl (C=O) groups excluding carboxylic acids is 1. The van der Waals surface area contributed by atoms with Gasteiger partial charge in [-0.05, 0) is 51.2 Å². The van der Waals surface area contributed by atoms with E-state index in [0.29, 0.717) is 12.5 Å². The first-order valence-corrected chi connectivity index (χ1v) is 8.47. The van der Waals surface area contributed by atoms with Gasteiger partial charge in [0.2, 0.25) is 5.91 Å². The molecule has 1 heterocycles. The SMILES string of the molecule is CCC(=O)NC1CCC(Oc2cc(C)c3[nH]ncc3c2C)CC1. The molecule has 1 amide bonds. The van der Waals surface area contributed by atoms with Gasteiger partial charge in [0.05, 0.1) is 17.8 Å². The molecular formula is C18H25N3O2. The minimum atomic E-state index is 0.145. The van der Waals surface area contributed by atoms with Crippen molar-refractivity contribution in [3.05, 3.63) is 23.4 Å². The highest BCUT2D eigenvalue weighted by Gasteiger charge is 2.24. The Labute approximate surface area is 136 Å². The maximum Gasteiger partial charge on any atom is 0.219 e. The fraction of sp³-hybridized carbons (Fsp3) is 0.556. The van der Waals surface area contributed by atoms with E-state index >= 15 is 0 Å². The minimum absolute atomic E-state index is 0.145. The summed E-state index contributed by atoms with van der Waals surface area (Å²) in [4.78, 5) is 11.5. The fourth-order valence-electron chi connectivity index (χ4n) is 3.34. The predicted octanol–water partition coefficient (Wildman–Crippen LogP) is 3.40. The van der Waals surface area contributed by atoms with E-state index in [-0.39, 0.29) is 12.0 Å². The third-order valence-corrected chi connectivity index (χ3v) is 4.81. The molecule has 1 saturated carbocycles. The standard InChI is InChI=1S/C18H25N3O2/c1-4-17(22)20-13-5-7-14(8-6-13)23-16-9-11(2)18-15(12(16)3)10-19-21-18/h9-10,13-14H,4-8H2,1-3H3,(H,19,21)(H,20,22). The van der Waals surface area contributed by atoms with Crippen LogP contribution in [0.1, 0.15) is 50.2 Å². The number of fused-ring (bicyclic) bond motifs is 1. The van der Waals surface area contributed by atoms with Crippen molar-refractivity contribution in [3.8, 4) is 5.75 Å². The Balaban J connectivity index is 1.65. The smallest absolute Gasteiger partial charge is 0.219 e. The van der Waals surface area contributed by atoms with Crippen LogP contribution in [0.5, 0.6) is 5.75 Å². The number of amides is 1. The second-order valence-electron chi connectivity index (χ2n) is 6.49. The van der Waals surface area contributed by atoms with Crippen LogP contribution in [0.25, 0.3) is 10.9 Å². The van der Waals surface area contributed by atoms with Gasteiger partial charge < -0.3 is 10.1 Å². The van der Waals surface area contributed by atoms with E-state index in [1.165, 1.54) is 0 Å². The summed E-state index contributed by atoms with van der Waals surface area (Å²) in [6, 6.07) is 2.40. The average Bonchev–Trinajstić information content (AvgIpc) is 3.04. The molecule has 2 aromatic rings. The van der Waals surface area contributed by atoms with Gasteiger partial charge in [-0.2, -0.15) is 5.10 Å². The van der Waals surface area contributed by atoms with Crippen molar-refractivity contribution in [2.75, 3.05) is 0 Å². The van der Waals surface area contributed by atoms with E-state index in [1.807, 2.05) is 13.1 Å². The quantitative estimate of drug-likeness (QED) is 0.908. The van der Waals surface area contributed by atoms with Crippen molar-refractivity contribution in [1.29, 1.82) is 0 Å². The Hall–Kier alpha value is -2.04. The van der Waals surface area contributed by atoms with E-state index in [0.717, 1.165) is 53.5 Å². The van der Waals surface area contributed by atoms with E-state index < -0.39 is 0 Å². The monoisotopic (exact) mass is 315 g/mol. The van der Waals surface area contributed by atoms with Gasteiger partial charge in [-0.3, -0.25) is 9.89 Å². The molecule has 124 valence electrons. The van der Waals surface area contributed by atoms with Gasteiger partial charge in [0, 0.05) is 23.4 Å². The molecule has 2 N–H and O–H groups in total. The molecule has 1 fully saturated rings. The second-order valence-corrected chi connectivity index (χ2v) is 6.49. The summed E-state index contributed by atoms with van der Waals surface area (Å²) in [5.41, 5.74) is 3.38. The molecule has 1 aromatic heterocycles. The molecule has 0 atom stereocenters. The molecule has 1 aromatic carbocycles. The van der Waals surface area contributed by atoms with Crippen molar-refractivity contribution < 1.29 is 9.53 Å². The van der Waals surface area contributed by atoms with Crippen LogP contribution in [0.4, 0.5) is 0 Å². The number of aromatic nitrogens is 2. The molecule has 0 saturated heterocycles. The number of nitrogens with one attached hydrogen (secondary N) is 2. The summed E-state index contributed by atoms with van der Waals surface area (Å²) in [6.07, 6.45) is 6.59. The lowest BCUT2D eigenvalue weighted by atomic mass is 9.92. The van der Waals surface area contributed by atoms with Crippen molar-refractivity contribution in [2.45, 2.75) is 65.0 Å². The van der Waals surface area contributed by atoms with Crippen molar-refractivity contribution in [1.82, 2.24) is 15.5 Å². The van der Waals surface area contributed by atoms with Crippen molar-refractivity contribution >= 4 is 16.8 Å². The average molecular weight is 315 g/mol. The van der Waals surface area contributed by atoms with E-state index in [4.69, 9.17) is 4.74 Å². The van der Waals surface area contributed by atoms with Crippen LogP contribution in [0, 0.1) is 13.8 Å². The third kappa shape index (κ3) is 3.33. The van der Waals surface area contributed by atoms with E-state index in [2.05, 4.69) is 35.4 Å². The Morgan fingerprint density at radius 3 is 2.78 bits per heavy atom. The molecule has 0 spiro atoms. The molecule has 0 radical (unpaired) electrons. The van der Waals surface area contributed by atoms with Gasteiger partial charge in [0.25, 0.3) is 0 Å². The lowest BCUT2D eigenvalue weighted by Crippen LogP contribution is -2.39. The number of ether oxygens (including phenoxy) is 1. The van der Waals surface area contributed by atoms with Gasteiger partial charge in [-0.15, -0.1) is 0 Å². The minimum Gasteiger partial charge on any atom is -0.490 e. The number of aromatic amines is 1. The van der Waals surface area contributed by atoms with E-state index in [9.17, 15) is 4.79 Å². The van der Waals surface area contributed by atoms with Crippen LogP contribution < -0.4 is 10.1 Å². The topological polar surface area (TPSA) is 67.0 Å². The third-order valence-electron chi connectivity index (χ3n) is 4.81. The first-order chi connectivity index (χ1) is 11.1. The van der Waals surface area contributed by atoms with Crippen LogP contribution in [0.2, 0.25) is 0 Å². The summed E-state index contributed by atoms with van der Waals surface area (Å²) < 4.78 is 6.27. The number of aryl methyl sites for hydroxylation is 2. The maximum atomic E-state index is 11.5. The zero-order valence-electron chi connectivity index (χ0n) is 14.1. The predicted molar refractivity (Wildman–Crippen MR) is 90.7 cm³/mol. The van der Waals surface area contributed by atoms with Crippen LogP contribution in [-0.4, -0.2) is 28.3 Å². The normalized spacial score (nSPS) is 21.3. The maximum absolute atomic E-state index is 11.5. The Morgan fingerprint density at radius 2 is 2.09 bits per heavy atom. The highest BCUT2D eigenvalue weighted by molar-refractivity contribution is 5.86. The number of hydrogen-bond acceptors (Lipinski definition) is 3.